The van der Waals surface area contributed by atoms with Gasteiger partial charge in [0.15, 0.2) is 0 Å². The maximum atomic E-state index is 5.84. The van der Waals surface area contributed by atoms with Gasteiger partial charge in [-0.3, -0.25) is 4.90 Å². The molecule has 3 rings (SSSR count). The van der Waals surface area contributed by atoms with Crippen LogP contribution in [0, 0.1) is 5.92 Å². The van der Waals surface area contributed by atoms with Crippen LogP contribution in [0.25, 0.3) is 0 Å². The van der Waals surface area contributed by atoms with Gasteiger partial charge in [-0.25, -0.2) is 0 Å². The Hall–Kier alpha value is -0.860. The molecule has 92 valence electrons. The summed E-state index contributed by atoms with van der Waals surface area (Å²) in [6.45, 7) is 3.25. The molecular weight excluding hydrogens is 208 g/mol. The van der Waals surface area contributed by atoms with E-state index in [1.165, 1.54) is 37.8 Å². The fourth-order valence-electron chi connectivity index (χ4n) is 3.32. The van der Waals surface area contributed by atoms with Gasteiger partial charge in [0, 0.05) is 12.6 Å². The molecule has 2 N–H and O–H groups in total. The highest BCUT2D eigenvalue weighted by Gasteiger charge is 2.34. The molecule has 17 heavy (non-hydrogen) atoms. The summed E-state index contributed by atoms with van der Waals surface area (Å²) in [6.07, 6.45) is 5.22. The van der Waals surface area contributed by atoms with E-state index in [1.807, 2.05) is 0 Å². The van der Waals surface area contributed by atoms with Gasteiger partial charge in [-0.05, 0) is 55.8 Å². The Morgan fingerprint density at radius 3 is 2.71 bits per heavy atom. The first kappa shape index (κ1) is 11.2. The van der Waals surface area contributed by atoms with Crippen molar-refractivity contribution in [3.63, 3.8) is 0 Å². The predicted molar refractivity (Wildman–Crippen MR) is 70.7 cm³/mol. The average molecular weight is 230 g/mol. The topological polar surface area (TPSA) is 29.3 Å². The molecule has 1 aliphatic heterocycles. The van der Waals surface area contributed by atoms with Crippen LogP contribution in [0.15, 0.2) is 24.3 Å². The molecule has 1 aromatic carbocycles. The maximum absolute atomic E-state index is 5.84. The van der Waals surface area contributed by atoms with Crippen LogP contribution < -0.4 is 5.73 Å². The summed E-state index contributed by atoms with van der Waals surface area (Å²) in [5.41, 5.74) is 8.93. The van der Waals surface area contributed by atoms with Crippen molar-refractivity contribution in [2.45, 2.75) is 38.3 Å². The van der Waals surface area contributed by atoms with Crippen LogP contribution in [0.2, 0.25) is 0 Å². The monoisotopic (exact) mass is 230 g/mol. The van der Waals surface area contributed by atoms with Crippen molar-refractivity contribution in [3.05, 3.63) is 35.4 Å². The molecule has 0 aromatic heterocycles. The molecule has 2 atom stereocenters. The fraction of sp³-hybridized carbons (Fsp3) is 0.600. The number of hydrogen-bond donors (Lipinski definition) is 1. The minimum Gasteiger partial charge on any atom is -0.330 e. The van der Waals surface area contributed by atoms with E-state index in [1.54, 1.807) is 5.56 Å². The van der Waals surface area contributed by atoms with Crippen molar-refractivity contribution in [2.75, 3.05) is 13.1 Å². The zero-order valence-electron chi connectivity index (χ0n) is 10.4. The second-order valence-corrected chi connectivity index (χ2v) is 5.48. The Kier molecular flexibility index (Phi) is 3.17. The molecule has 0 radical (unpaired) electrons. The third-order valence-electron chi connectivity index (χ3n) is 4.53. The van der Waals surface area contributed by atoms with E-state index < -0.39 is 0 Å². The molecule has 1 fully saturated rings. The van der Waals surface area contributed by atoms with Gasteiger partial charge in [0.2, 0.25) is 0 Å². The van der Waals surface area contributed by atoms with E-state index in [9.17, 15) is 0 Å². The Labute approximate surface area is 104 Å². The number of fused-ring (bicyclic) bond motifs is 1. The highest BCUT2D eigenvalue weighted by atomic mass is 15.2. The summed E-state index contributed by atoms with van der Waals surface area (Å²) in [6, 6.07) is 9.68. The normalized spacial score (nSPS) is 29.2. The van der Waals surface area contributed by atoms with Gasteiger partial charge in [0.25, 0.3) is 0 Å². The minimum absolute atomic E-state index is 0.750. The van der Waals surface area contributed by atoms with Crippen molar-refractivity contribution >= 4 is 0 Å². The molecule has 0 bridgehead atoms. The third kappa shape index (κ3) is 2.12. The molecule has 1 saturated carbocycles. The number of nitrogens with zero attached hydrogens (tertiary/aromatic N) is 1. The lowest BCUT2D eigenvalue weighted by molar-refractivity contribution is 0.0613. The van der Waals surface area contributed by atoms with Crippen molar-refractivity contribution in [2.24, 2.45) is 11.7 Å². The second kappa shape index (κ2) is 4.79. The van der Waals surface area contributed by atoms with E-state index in [2.05, 4.69) is 29.2 Å². The largest absolute Gasteiger partial charge is 0.330 e. The van der Waals surface area contributed by atoms with Gasteiger partial charge in [0.1, 0.15) is 0 Å². The fourth-order valence-corrected chi connectivity index (χ4v) is 3.32. The Bertz CT molecular complexity index is 386. The van der Waals surface area contributed by atoms with Gasteiger partial charge in [-0.15, -0.1) is 0 Å². The quantitative estimate of drug-likeness (QED) is 0.843. The van der Waals surface area contributed by atoms with Crippen molar-refractivity contribution in [1.82, 2.24) is 4.90 Å². The molecule has 1 heterocycles. The van der Waals surface area contributed by atoms with Crippen LogP contribution in [0.3, 0.4) is 0 Å². The van der Waals surface area contributed by atoms with Gasteiger partial charge >= 0.3 is 0 Å². The Morgan fingerprint density at radius 2 is 2.00 bits per heavy atom. The van der Waals surface area contributed by atoms with Gasteiger partial charge in [0.05, 0.1) is 0 Å². The van der Waals surface area contributed by atoms with Crippen molar-refractivity contribution in [1.29, 1.82) is 0 Å². The van der Waals surface area contributed by atoms with E-state index in [-0.39, 0.29) is 0 Å². The summed E-state index contributed by atoms with van der Waals surface area (Å²) in [7, 11) is 0. The zero-order valence-corrected chi connectivity index (χ0v) is 10.4. The summed E-state index contributed by atoms with van der Waals surface area (Å²) >= 11 is 0. The maximum Gasteiger partial charge on any atom is 0.0239 e. The molecule has 2 unspecified atom stereocenters. The minimum atomic E-state index is 0.750. The van der Waals surface area contributed by atoms with E-state index in [0.717, 1.165) is 25.0 Å². The standard InChI is InChI=1S/C15H22N2/c16-10-13-7-8-15(13)17-9-3-6-12-4-1-2-5-14(12)11-17/h1-2,4-5,13,15H,3,6-11,16H2. The Balaban J connectivity index is 1.76. The molecule has 1 aliphatic carbocycles. The van der Waals surface area contributed by atoms with Crippen molar-refractivity contribution in [3.8, 4) is 0 Å². The highest BCUT2D eigenvalue weighted by Crippen LogP contribution is 2.33. The number of aryl methyl sites for hydroxylation is 1. The third-order valence-corrected chi connectivity index (χ3v) is 4.53. The number of rotatable bonds is 2. The summed E-state index contributed by atoms with van der Waals surface area (Å²) in [5, 5.41) is 0. The molecule has 1 aromatic rings. The van der Waals surface area contributed by atoms with Gasteiger partial charge < -0.3 is 5.73 Å². The Morgan fingerprint density at radius 1 is 1.18 bits per heavy atom. The molecule has 0 spiro atoms. The molecule has 2 aliphatic rings. The first-order valence-electron chi connectivity index (χ1n) is 6.89. The van der Waals surface area contributed by atoms with Crippen LogP contribution in [0.1, 0.15) is 30.4 Å². The van der Waals surface area contributed by atoms with E-state index in [4.69, 9.17) is 5.73 Å². The van der Waals surface area contributed by atoms with E-state index >= 15 is 0 Å². The molecule has 0 saturated heterocycles. The van der Waals surface area contributed by atoms with Gasteiger partial charge in [-0.1, -0.05) is 24.3 Å². The highest BCUT2D eigenvalue weighted by molar-refractivity contribution is 5.28. The van der Waals surface area contributed by atoms with Crippen LogP contribution in [0.4, 0.5) is 0 Å². The first-order chi connectivity index (χ1) is 8.38. The molecule has 2 nitrogen and oxygen atoms in total. The summed E-state index contributed by atoms with van der Waals surface area (Å²) in [4.78, 5) is 2.67. The van der Waals surface area contributed by atoms with Gasteiger partial charge in [-0.2, -0.15) is 0 Å². The molecular formula is C15H22N2. The second-order valence-electron chi connectivity index (χ2n) is 5.48. The van der Waals surface area contributed by atoms with E-state index in [0.29, 0.717) is 0 Å². The molecule has 2 heteroatoms. The summed E-state index contributed by atoms with van der Waals surface area (Å²) in [5.74, 6) is 0.750. The van der Waals surface area contributed by atoms with Crippen LogP contribution in [-0.2, 0) is 13.0 Å². The lowest BCUT2D eigenvalue weighted by atomic mass is 9.78. The average Bonchev–Trinajstić information content (AvgIpc) is 2.50. The molecule has 0 amide bonds. The zero-order chi connectivity index (χ0) is 11.7. The van der Waals surface area contributed by atoms with Crippen LogP contribution in [-0.4, -0.2) is 24.0 Å². The van der Waals surface area contributed by atoms with Crippen LogP contribution >= 0.6 is 0 Å². The first-order valence-corrected chi connectivity index (χ1v) is 6.89. The number of hydrogen-bond acceptors (Lipinski definition) is 2. The predicted octanol–water partition coefficient (Wildman–Crippen LogP) is 2.17. The summed E-state index contributed by atoms with van der Waals surface area (Å²) < 4.78 is 0. The van der Waals surface area contributed by atoms with Crippen molar-refractivity contribution < 1.29 is 0 Å². The number of benzene rings is 1. The number of nitrogens with two attached hydrogens (primary N) is 1. The smallest absolute Gasteiger partial charge is 0.0239 e. The lowest BCUT2D eigenvalue weighted by Crippen LogP contribution is -2.49. The van der Waals surface area contributed by atoms with Crippen LogP contribution in [0.5, 0.6) is 0 Å². The SMILES string of the molecule is NCC1CCC1N1CCCc2ccccc2C1. The lowest BCUT2D eigenvalue weighted by Gasteiger charge is -2.43.